The molecule has 1 aliphatic rings. The Hall–Kier alpha value is -0.610. The van der Waals surface area contributed by atoms with Gasteiger partial charge >= 0.3 is 0 Å². The second-order valence-corrected chi connectivity index (χ2v) is 5.17. The van der Waals surface area contributed by atoms with Gasteiger partial charge in [-0.1, -0.05) is 0 Å². The van der Waals surface area contributed by atoms with Gasteiger partial charge in [0.2, 0.25) is 5.91 Å². The predicted octanol–water partition coefficient (Wildman–Crippen LogP) is 0.657. The summed E-state index contributed by atoms with van der Waals surface area (Å²) in [5.41, 5.74) is 4.86. The molecule has 0 saturated carbocycles. The number of nitrogens with one attached hydrogen (secondary N) is 1. The summed E-state index contributed by atoms with van der Waals surface area (Å²) in [5, 5.41) is 2.91. The maximum absolute atomic E-state index is 11.7. The van der Waals surface area contributed by atoms with Crippen LogP contribution in [0, 0.1) is 5.41 Å². The Morgan fingerprint density at radius 3 is 2.73 bits per heavy atom. The first-order valence-electron chi connectivity index (χ1n) is 5.52. The summed E-state index contributed by atoms with van der Waals surface area (Å²) in [6.07, 6.45) is 2.09. The number of hydrogen-bond donors (Lipinski definition) is 2. The number of rotatable bonds is 4. The number of hydrogen-bond acceptors (Lipinski definition) is 3. The van der Waals surface area contributed by atoms with Gasteiger partial charge < -0.3 is 15.8 Å². The fourth-order valence-corrected chi connectivity index (χ4v) is 1.58. The largest absolute Gasteiger partial charge is 0.373 e. The summed E-state index contributed by atoms with van der Waals surface area (Å²) in [6.45, 7) is 7.47. The van der Waals surface area contributed by atoms with E-state index in [1.165, 1.54) is 0 Å². The highest BCUT2D eigenvalue weighted by Gasteiger charge is 2.32. The summed E-state index contributed by atoms with van der Waals surface area (Å²) in [5.74, 6) is 0.00160. The van der Waals surface area contributed by atoms with Crippen molar-refractivity contribution in [3.63, 3.8) is 0 Å². The van der Waals surface area contributed by atoms with Crippen LogP contribution in [0.15, 0.2) is 0 Å². The van der Waals surface area contributed by atoms with Gasteiger partial charge in [0.25, 0.3) is 0 Å². The molecule has 0 aromatic rings. The summed E-state index contributed by atoms with van der Waals surface area (Å²) in [6, 6.07) is 0. The summed E-state index contributed by atoms with van der Waals surface area (Å²) in [7, 11) is 0. The molecule has 1 amide bonds. The summed E-state index contributed by atoms with van der Waals surface area (Å²) >= 11 is 0. The average Bonchev–Trinajstić information content (AvgIpc) is 2.62. The lowest BCUT2D eigenvalue weighted by atomic mass is 9.92. The van der Waals surface area contributed by atoms with Crippen molar-refractivity contribution in [1.29, 1.82) is 0 Å². The fraction of sp³-hybridized carbons (Fsp3) is 0.909. The molecule has 4 heteroatoms. The van der Waals surface area contributed by atoms with Gasteiger partial charge in [-0.25, -0.2) is 0 Å². The van der Waals surface area contributed by atoms with Crippen molar-refractivity contribution >= 4 is 5.91 Å². The molecule has 3 N–H and O–H groups in total. The van der Waals surface area contributed by atoms with E-state index in [2.05, 4.69) is 5.32 Å². The maximum atomic E-state index is 11.7. The van der Waals surface area contributed by atoms with Gasteiger partial charge in [0.15, 0.2) is 0 Å². The van der Waals surface area contributed by atoms with E-state index in [0.29, 0.717) is 13.1 Å². The van der Waals surface area contributed by atoms with Crippen molar-refractivity contribution in [3.8, 4) is 0 Å². The van der Waals surface area contributed by atoms with E-state index in [1.54, 1.807) is 0 Å². The molecular weight excluding hydrogens is 192 g/mol. The van der Waals surface area contributed by atoms with Crippen molar-refractivity contribution in [2.45, 2.75) is 39.2 Å². The second-order valence-electron chi connectivity index (χ2n) is 5.17. The zero-order chi connectivity index (χ0) is 11.5. The van der Waals surface area contributed by atoms with Gasteiger partial charge in [0.05, 0.1) is 11.0 Å². The number of amides is 1. The molecule has 0 aromatic heterocycles. The van der Waals surface area contributed by atoms with Crippen LogP contribution in [-0.2, 0) is 9.53 Å². The minimum Gasteiger partial charge on any atom is -0.373 e. The highest BCUT2D eigenvalue weighted by atomic mass is 16.5. The van der Waals surface area contributed by atoms with Gasteiger partial charge in [0, 0.05) is 19.7 Å². The molecule has 1 fully saturated rings. The first-order chi connectivity index (χ1) is 6.90. The van der Waals surface area contributed by atoms with Crippen LogP contribution in [0.25, 0.3) is 0 Å². The van der Waals surface area contributed by atoms with Crippen LogP contribution >= 0.6 is 0 Å². The smallest absolute Gasteiger partial charge is 0.227 e. The maximum Gasteiger partial charge on any atom is 0.227 e. The third-order valence-corrected chi connectivity index (χ3v) is 3.05. The van der Waals surface area contributed by atoms with Gasteiger partial charge in [-0.05, 0) is 33.6 Å². The fourth-order valence-electron chi connectivity index (χ4n) is 1.58. The van der Waals surface area contributed by atoms with Crippen LogP contribution < -0.4 is 11.1 Å². The van der Waals surface area contributed by atoms with Crippen molar-refractivity contribution < 1.29 is 9.53 Å². The molecule has 0 bridgehead atoms. The van der Waals surface area contributed by atoms with Crippen LogP contribution in [0.1, 0.15) is 33.6 Å². The van der Waals surface area contributed by atoms with Gasteiger partial charge in [-0.2, -0.15) is 0 Å². The zero-order valence-corrected chi connectivity index (χ0v) is 9.93. The monoisotopic (exact) mass is 214 g/mol. The molecule has 1 aliphatic heterocycles. The molecule has 1 atom stereocenters. The zero-order valence-electron chi connectivity index (χ0n) is 9.93. The average molecular weight is 214 g/mol. The Bertz CT molecular complexity index is 233. The number of carbonyl (C=O) groups is 1. The van der Waals surface area contributed by atoms with Crippen LogP contribution in [0.5, 0.6) is 0 Å². The van der Waals surface area contributed by atoms with Crippen LogP contribution in [0.3, 0.4) is 0 Å². The minimum atomic E-state index is -0.491. The topological polar surface area (TPSA) is 64.4 Å². The summed E-state index contributed by atoms with van der Waals surface area (Å²) in [4.78, 5) is 11.7. The molecule has 0 aromatic carbocycles. The molecular formula is C11H22N2O2. The minimum absolute atomic E-state index is 0.00160. The number of ether oxygens (including phenoxy) is 1. The molecule has 4 nitrogen and oxygen atoms in total. The van der Waals surface area contributed by atoms with Crippen molar-refractivity contribution in [2.75, 3.05) is 19.7 Å². The Kier molecular flexibility index (Phi) is 3.73. The van der Waals surface area contributed by atoms with Gasteiger partial charge in [-0.15, -0.1) is 0 Å². The third-order valence-electron chi connectivity index (χ3n) is 3.05. The molecule has 1 heterocycles. The van der Waals surface area contributed by atoms with Crippen LogP contribution in [-0.4, -0.2) is 31.2 Å². The molecule has 1 rings (SSSR count). The quantitative estimate of drug-likeness (QED) is 0.722. The molecule has 15 heavy (non-hydrogen) atoms. The molecule has 1 unspecified atom stereocenters. The first kappa shape index (κ1) is 12.5. The Balaban J connectivity index is 2.40. The van der Waals surface area contributed by atoms with E-state index < -0.39 is 5.41 Å². The van der Waals surface area contributed by atoms with E-state index in [4.69, 9.17) is 10.5 Å². The Morgan fingerprint density at radius 1 is 1.60 bits per heavy atom. The van der Waals surface area contributed by atoms with Gasteiger partial charge in [0.1, 0.15) is 0 Å². The van der Waals surface area contributed by atoms with Crippen LogP contribution in [0.4, 0.5) is 0 Å². The third kappa shape index (κ3) is 3.18. The lowest BCUT2D eigenvalue weighted by molar-refractivity contribution is -0.130. The van der Waals surface area contributed by atoms with Gasteiger partial charge in [-0.3, -0.25) is 4.79 Å². The second kappa shape index (κ2) is 4.49. The lowest BCUT2D eigenvalue weighted by Gasteiger charge is -2.27. The van der Waals surface area contributed by atoms with E-state index in [0.717, 1.165) is 19.4 Å². The first-order valence-corrected chi connectivity index (χ1v) is 5.52. The SMILES string of the molecule is CC1(CNC(=O)C(C)(C)CN)CCCO1. The normalized spacial score (nSPS) is 26.7. The summed E-state index contributed by atoms with van der Waals surface area (Å²) < 4.78 is 5.59. The Labute approximate surface area is 91.5 Å². The molecule has 0 spiro atoms. The van der Waals surface area contributed by atoms with E-state index in [9.17, 15) is 4.79 Å². The van der Waals surface area contributed by atoms with Crippen molar-refractivity contribution in [3.05, 3.63) is 0 Å². The molecule has 1 saturated heterocycles. The highest BCUT2D eigenvalue weighted by Crippen LogP contribution is 2.24. The van der Waals surface area contributed by atoms with Crippen molar-refractivity contribution in [1.82, 2.24) is 5.32 Å². The van der Waals surface area contributed by atoms with E-state index in [1.807, 2.05) is 20.8 Å². The standard InChI is InChI=1S/C11H22N2O2/c1-10(2,7-12)9(14)13-8-11(3)5-4-6-15-11/h4-8,12H2,1-3H3,(H,13,14). The number of nitrogens with two attached hydrogens (primary N) is 1. The van der Waals surface area contributed by atoms with Crippen LogP contribution in [0.2, 0.25) is 0 Å². The lowest BCUT2D eigenvalue weighted by Crippen LogP contribution is -2.47. The molecule has 0 radical (unpaired) electrons. The van der Waals surface area contributed by atoms with E-state index >= 15 is 0 Å². The predicted molar refractivity (Wildman–Crippen MR) is 59.4 cm³/mol. The number of carbonyl (C=O) groups excluding carboxylic acids is 1. The molecule has 0 aliphatic carbocycles. The molecule has 88 valence electrons. The van der Waals surface area contributed by atoms with Crippen molar-refractivity contribution in [2.24, 2.45) is 11.1 Å². The van der Waals surface area contributed by atoms with E-state index in [-0.39, 0.29) is 11.5 Å². The Morgan fingerprint density at radius 2 is 2.27 bits per heavy atom. The highest BCUT2D eigenvalue weighted by molar-refractivity contribution is 5.82.